The number of carbonyl (C=O) groups excluding carboxylic acids is 3. The number of aromatic nitrogens is 1. The Labute approximate surface area is 219 Å². The summed E-state index contributed by atoms with van der Waals surface area (Å²) in [5.41, 5.74) is 4.80. The number of hydrogen-bond acceptors (Lipinski definition) is 7. The van der Waals surface area contributed by atoms with Crippen molar-refractivity contribution in [2.75, 3.05) is 6.54 Å². The molecule has 1 aromatic carbocycles. The average Bonchev–Trinajstić information content (AvgIpc) is 3.41. The molecule has 0 aliphatic carbocycles. The van der Waals surface area contributed by atoms with E-state index in [2.05, 4.69) is 36.8 Å². The number of β-amino-alcohol motifs (C(OH)–C–C–N with tert-alkyl or cyclic N) is 1. The van der Waals surface area contributed by atoms with Gasteiger partial charge in [-0.05, 0) is 53.1 Å². The van der Waals surface area contributed by atoms with Gasteiger partial charge in [0.2, 0.25) is 17.7 Å². The molecule has 8 nitrogen and oxygen atoms in total. The number of nitrogens with zero attached hydrogens (tertiary/aromatic N) is 2. The smallest absolute Gasteiger partial charge is 0.247 e. The second-order valence-electron chi connectivity index (χ2n) is 8.89. The van der Waals surface area contributed by atoms with Gasteiger partial charge in [-0.2, -0.15) is 0 Å². The van der Waals surface area contributed by atoms with Crippen molar-refractivity contribution in [3.05, 3.63) is 41.0 Å². The van der Waals surface area contributed by atoms with E-state index in [9.17, 15) is 19.5 Å². The van der Waals surface area contributed by atoms with Crippen molar-refractivity contribution in [2.45, 2.75) is 63.6 Å². The van der Waals surface area contributed by atoms with Gasteiger partial charge in [-0.15, -0.1) is 11.3 Å². The van der Waals surface area contributed by atoms with E-state index in [0.717, 1.165) is 21.7 Å². The highest BCUT2D eigenvalue weighted by Crippen LogP contribution is 2.35. The number of aryl methyl sites for hydroxylation is 1. The second-order valence-corrected chi connectivity index (χ2v) is 12.3. The highest BCUT2D eigenvalue weighted by molar-refractivity contribution is 14.2. The molecule has 3 unspecified atom stereocenters. The van der Waals surface area contributed by atoms with Gasteiger partial charge in [0.25, 0.3) is 0 Å². The van der Waals surface area contributed by atoms with Crippen LogP contribution in [0.5, 0.6) is 0 Å². The predicted molar refractivity (Wildman–Crippen MR) is 144 cm³/mol. The molecule has 34 heavy (non-hydrogen) atoms. The highest BCUT2D eigenvalue weighted by atomic mass is 127. The fraction of sp³-hybridized carbons (Fsp3) is 0.478. The molecule has 11 heteroatoms. The Morgan fingerprint density at radius 3 is 2.56 bits per heavy atom. The molecule has 1 aromatic heterocycles. The average molecular weight is 617 g/mol. The van der Waals surface area contributed by atoms with Gasteiger partial charge in [0.1, 0.15) is 12.1 Å². The molecule has 1 aliphatic heterocycles. The first-order chi connectivity index (χ1) is 16.0. The number of thiazole rings is 1. The molecule has 0 bridgehead atoms. The maximum atomic E-state index is 13.4. The monoisotopic (exact) mass is 616 g/mol. The third-order valence-electron chi connectivity index (χ3n) is 5.78. The van der Waals surface area contributed by atoms with Gasteiger partial charge in [0, 0.05) is 31.2 Å². The Morgan fingerprint density at radius 2 is 2.00 bits per heavy atom. The van der Waals surface area contributed by atoms with Crippen LogP contribution in [0.3, 0.4) is 0 Å². The fourth-order valence-corrected chi connectivity index (χ4v) is 5.74. The fourth-order valence-electron chi connectivity index (χ4n) is 3.91. The molecule has 3 amide bonds. The summed E-state index contributed by atoms with van der Waals surface area (Å²) in [5.74, 6) is -1.02. The van der Waals surface area contributed by atoms with Crippen molar-refractivity contribution in [1.82, 2.24) is 20.5 Å². The quantitative estimate of drug-likeness (QED) is 0.394. The molecule has 184 valence electrons. The number of hydrogen-bond donors (Lipinski definition) is 3. The van der Waals surface area contributed by atoms with Crippen molar-refractivity contribution in [2.24, 2.45) is 0 Å². The van der Waals surface area contributed by atoms with Gasteiger partial charge >= 0.3 is 0 Å². The van der Waals surface area contributed by atoms with E-state index in [4.69, 9.17) is 0 Å². The maximum absolute atomic E-state index is 13.4. The molecule has 0 saturated carbocycles. The molecule has 2 heterocycles. The molecular formula is C23H29IN4O4S2. The van der Waals surface area contributed by atoms with E-state index >= 15 is 0 Å². The number of benzene rings is 1. The first-order valence-corrected chi connectivity index (χ1v) is 15.1. The van der Waals surface area contributed by atoms with Gasteiger partial charge in [-0.3, -0.25) is 14.4 Å². The summed E-state index contributed by atoms with van der Waals surface area (Å²) in [7, 11) is 1.42. The summed E-state index contributed by atoms with van der Waals surface area (Å²) in [4.78, 5) is 45.0. The van der Waals surface area contributed by atoms with Crippen LogP contribution < -0.4 is 10.6 Å². The largest absolute Gasteiger partial charge is 0.391 e. The Balaban J connectivity index is 1.68. The molecular weight excluding hydrogens is 587 g/mol. The van der Waals surface area contributed by atoms with Crippen LogP contribution in [0.1, 0.15) is 38.4 Å². The molecule has 3 atom stereocenters. The molecule has 2 aromatic rings. The number of halogens is 1. The SMILES string of the molecule is CC(=O)NC(C(=O)N1CC(O)CC1C(=O)NCc1ccc(-c2scnc2C)cc1)C(C)(C)SI. The van der Waals surface area contributed by atoms with Crippen LogP contribution in [0.25, 0.3) is 10.4 Å². The standard InChI is InChI=1S/C23H29IN4O4S2/c1-13-19(33-12-26-13)16-7-5-15(6-8-16)10-25-21(31)18-9-17(30)11-28(18)22(32)20(27-14(2)29)23(3,4)34-24/h5-8,12,17-18,20,30H,9-11H2,1-4H3,(H,25,31)(H,27,29). The topological polar surface area (TPSA) is 112 Å². The minimum absolute atomic E-state index is 0.0535. The van der Waals surface area contributed by atoms with Gasteiger partial charge < -0.3 is 20.6 Å². The number of aliphatic hydroxyl groups excluding tert-OH is 1. The molecule has 0 radical (unpaired) electrons. The van der Waals surface area contributed by atoms with Crippen molar-refractivity contribution >= 4 is 59.2 Å². The number of carbonyl (C=O) groups is 3. The van der Waals surface area contributed by atoms with Crippen LogP contribution in [-0.4, -0.2) is 62.2 Å². The Morgan fingerprint density at radius 1 is 1.32 bits per heavy atom. The molecule has 1 saturated heterocycles. The summed E-state index contributed by atoms with van der Waals surface area (Å²) >= 11 is 3.69. The van der Waals surface area contributed by atoms with Crippen molar-refractivity contribution < 1.29 is 19.5 Å². The molecule has 1 fully saturated rings. The lowest BCUT2D eigenvalue weighted by Gasteiger charge is -2.35. The summed E-state index contributed by atoms with van der Waals surface area (Å²) in [5, 5.41) is 15.9. The summed E-state index contributed by atoms with van der Waals surface area (Å²) in [6, 6.07) is 6.28. The van der Waals surface area contributed by atoms with Crippen molar-refractivity contribution in [3.63, 3.8) is 0 Å². The third kappa shape index (κ3) is 6.29. The minimum Gasteiger partial charge on any atom is -0.391 e. The minimum atomic E-state index is -0.824. The van der Waals surface area contributed by atoms with E-state index in [1.54, 1.807) is 11.3 Å². The van der Waals surface area contributed by atoms with Crippen LogP contribution in [0.2, 0.25) is 0 Å². The van der Waals surface area contributed by atoms with Gasteiger partial charge in [-0.1, -0.05) is 33.2 Å². The first-order valence-electron chi connectivity index (χ1n) is 10.9. The van der Waals surface area contributed by atoms with Crippen LogP contribution in [-0.2, 0) is 20.9 Å². The van der Waals surface area contributed by atoms with Crippen molar-refractivity contribution in [1.29, 1.82) is 0 Å². The molecule has 0 spiro atoms. The molecule has 3 rings (SSSR count). The van der Waals surface area contributed by atoms with Crippen molar-refractivity contribution in [3.8, 4) is 10.4 Å². The number of rotatable bonds is 8. The third-order valence-corrected chi connectivity index (χ3v) is 10.8. The lowest BCUT2D eigenvalue weighted by Crippen LogP contribution is -2.59. The van der Waals surface area contributed by atoms with Gasteiger partial charge in [-0.25, -0.2) is 4.98 Å². The zero-order chi connectivity index (χ0) is 25.0. The Hall–Kier alpha value is -1.70. The molecule has 3 N–H and O–H groups in total. The number of amides is 3. The predicted octanol–water partition coefficient (Wildman–Crippen LogP) is 3.06. The second kappa shape index (κ2) is 11.4. The normalized spacial score (nSPS) is 19.1. The lowest BCUT2D eigenvalue weighted by molar-refractivity contribution is -0.142. The van der Waals surface area contributed by atoms with Crippen LogP contribution in [0, 0.1) is 6.92 Å². The lowest BCUT2D eigenvalue weighted by atomic mass is 10.0. The zero-order valence-corrected chi connectivity index (χ0v) is 23.3. The van der Waals surface area contributed by atoms with Gasteiger partial charge in [0.05, 0.1) is 22.2 Å². The summed E-state index contributed by atoms with van der Waals surface area (Å²) in [6.07, 6.45) is -0.638. The maximum Gasteiger partial charge on any atom is 0.247 e. The Bertz CT molecular complexity index is 1040. The van der Waals surface area contributed by atoms with E-state index in [1.807, 2.05) is 50.5 Å². The number of likely N-dealkylation sites (tertiary alicyclic amines) is 1. The number of aliphatic hydroxyl groups is 1. The zero-order valence-electron chi connectivity index (χ0n) is 19.5. The van der Waals surface area contributed by atoms with Crippen LogP contribution in [0.4, 0.5) is 0 Å². The first kappa shape index (κ1) is 26.9. The van der Waals surface area contributed by atoms with Crippen LogP contribution >= 0.6 is 41.5 Å². The van der Waals surface area contributed by atoms with Gasteiger partial charge in [0.15, 0.2) is 0 Å². The molecule has 1 aliphatic rings. The van der Waals surface area contributed by atoms with E-state index in [1.165, 1.54) is 20.8 Å². The highest BCUT2D eigenvalue weighted by Gasteiger charge is 2.45. The Kier molecular flexibility index (Phi) is 8.98. The summed E-state index contributed by atoms with van der Waals surface area (Å²) in [6.45, 7) is 7.42. The number of nitrogens with one attached hydrogen (secondary N) is 2. The van der Waals surface area contributed by atoms with E-state index in [-0.39, 0.29) is 30.7 Å². The van der Waals surface area contributed by atoms with E-state index in [0.29, 0.717) is 6.54 Å². The summed E-state index contributed by atoms with van der Waals surface area (Å²) < 4.78 is -0.601. The van der Waals surface area contributed by atoms with E-state index < -0.39 is 22.9 Å². The van der Waals surface area contributed by atoms with Crippen LogP contribution in [0.15, 0.2) is 29.8 Å².